The number of para-hydroxylation sites is 2. The van der Waals surface area contributed by atoms with Gasteiger partial charge in [-0.25, -0.2) is 4.98 Å². The number of amides is 1. The Bertz CT molecular complexity index is 1070. The Balaban J connectivity index is 1.31. The lowest BCUT2D eigenvalue weighted by Gasteiger charge is -2.20. The largest absolute Gasteiger partial charge is 0.493 e. The summed E-state index contributed by atoms with van der Waals surface area (Å²) in [5, 5.41) is 3.16. The van der Waals surface area contributed by atoms with Crippen LogP contribution in [0.4, 0.5) is 0 Å². The number of aryl methyl sites for hydroxylation is 3. The molecule has 3 aromatic rings. The number of ether oxygens (including phenoxy) is 1. The van der Waals surface area contributed by atoms with Crippen molar-refractivity contribution in [3.05, 3.63) is 59.4 Å². The monoisotopic (exact) mass is 447 g/mol. The summed E-state index contributed by atoms with van der Waals surface area (Å²) in [5.41, 5.74) is 4.67. The van der Waals surface area contributed by atoms with E-state index in [2.05, 4.69) is 48.0 Å². The van der Waals surface area contributed by atoms with Gasteiger partial charge in [0.15, 0.2) is 0 Å². The SMILES string of the molecule is Cc1cccc(OCCCn2c(CCCNC(=O)C3CCCCC3)nc3ccccc32)c1C. The van der Waals surface area contributed by atoms with Crippen molar-refractivity contribution in [3.63, 3.8) is 0 Å². The summed E-state index contributed by atoms with van der Waals surface area (Å²) in [6.45, 7) is 6.49. The zero-order valence-electron chi connectivity index (χ0n) is 20.1. The Labute approximate surface area is 197 Å². The van der Waals surface area contributed by atoms with Gasteiger partial charge in [-0.15, -0.1) is 0 Å². The van der Waals surface area contributed by atoms with E-state index < -0.39 is 0 Å². The summed E-state index contributed by atoms with van der Waals surface area (Å²) in [7, 11) is 0. The van der Waals surface area contributed by atoms with E-state index in [1.165, 1.54) is 35.9 Å². The Morgan fingerprint density at radius 2 is 1.88 bits per heavy atom. The predicted octanol–water partition coefficient (Wildman–Crippen LogP) is 5.75. The molecule has 1 saturated carbocycles. The van der Waals surface area contributed by atoms with E-state index in [0.717, 1.165) is 55.7 Å². The fraction of sp³-hybridized carbons (Fsp3) is 0.500. The van der Waals surface area contributed by atoms with Crippen molar-refractivity contribution in [1.29, 1.82) is 0 Å². The number of benzene rings is 2. The maximum Gasteiger partial charge on any atom is 0.223 e. The van der Waals surface area contributed by atoms with Crippen LogP contribution in [0.25, 0.3) is 11.0 Å². The average molecular weight is 448 g/mol. The minimum Gasteiger partial charge on any atom is -0.493 e. The molecular weight excluding hydrogens is 410 g/mol. The van der Waals surface area contributed by atoms with E-state index in [1.54, 1.807) is 0 Å². The van der Waals surface area contributed by atoms with Gasteiger partial charge in [-0.1, -0.05) is 43.5 Å². The highest BCUT2D eigenvalue weighted by Crippen LogP contribution is 2.24. The van der Waals surface area contributed by atoms with Crippen LogP contribution in [-0.2, 0) is 17.8 Å². The normalized spacial score (nSPS) is 14.5. The van der Waals surface area contributed by atoms with Crippen LogP contribution < -0.4 is 10.1 Å². The molecule has 1 aromatic heterocycles. The van der Waals surface area contributed by atoms with Crippen molar-refractivity contribution in [1.82, 2.24) is 14.9 Å². The lowest BCUT2D eigenvalue weighted by atomic mass is 9.89. The first-order valence-electron chi connectivity index (χ1n) is 12.5. The number of fused-ring (bicyclic) bond motifs is 1. The second-order valence-electron chi connectivity index (χ2n) is 9.30. The molecule has 1 aliphatic carbocycles. The van der Waals surface area contributed by atoms with Crippen LogP contribution in [0.5, 0.6) is 5.75 Å². The molecule has 1 fully saturated rings. The second-order valence-corrected chi connectivity index (χ2v) is 9.30. The molecule has 0 radical (unpaired) electrons. The zero-order valence-corrected chi connectivity index (χ0v) is 20.1. The number of carbonyl (C=O) groups excluding carboxylic acids is 1. The van der Waals surface area contributed by atoms with Gasteiger partial charge in [-0.2, -0.15) is 0 Å². The summed E-state index contributed by atoms with van der Waals surface area (Å²) in [6.07, 6.45) is 8.43. The number of imidazole rings is 1. The molecule has 176 valence electrons. The molecule has 0 spiro atoms. The Morgan fingerprint density at radius 3 is 2.73 bits per heavy atom. The van der Waals surface area contributed by atoms with Crippen LogP contribution in [0.1, 0.15) is 61.9 Å². The van der Waals surface area contributed by atoms with E-state index in [9.17, 15) is 4.79 Å². The summed E-state index contributed by atoms with van der Waals surface area (Å²) >= 11 is 0. The molecule has 1 aliphatic rings. The van der Waals surface area contributed by atoms with Gasteiger partial charge in [0.25, 0.3) is 0 Å². The molecule has 5 nitrogen and oxygen atoms in total. The lowest BCUT2D eigenvalue weighted by Crippen LogP contribution is -2.32. The maximum atomic E-state index is 12.4. The van der Waals surface area contributed by atoms with Crippen LogP contribution in [-0.4, -0.2) is 28.6 Å². The van der Waals surface area contributed by atoms with Gasteiger partial charge < -0.3 is 14.6 Å². The maximum absolute atomic E-state index is 12.4. The molecule has 0 atom stereocenters. The van der Waals surface area contributed by atoms with Gasteiger partial charge in [0.05, 0.1) is 17.6 Å². The smallest absolute Gasteiger partial charge is 0.223 e. The van der Waals surface area contributed by atoms with Crippen molar-refractivity contribution in [2.24, 2.45) is 5.92 Å². The topological polar surface area (TPSA) is 56.1 Å². The van der Waals surface area contributed by atoms with Crippen LogP contribution in [0.2, 0.25) is 0 Å². The molecule has 1 amide bonds. The van der Waals surface area contributed by atoms with Gasteiger partial charge in [0, 0.05) is 25.4 Å². The first-order chi connectivity index (χ1) is 16.1. The van der Waals surface area contributed by atoms with Crippen molar-refractivity contribution < 1.29 is 9.53 Å². The minimum absolute atomic E-state index is 0.223. The quantitative estimate of drug-likeness (QED) is 0.403. The van der Waals surface area contributed by atoms with Gasteiger partial charge in [-0.05, 0) is 68.9 Å². The van der Waals surface area contributed by atoms with Crippen molar-refractivity contribution in [2.45, 2.75) is 71.8 Å². The third kappa shape index (κ3) is 5.95. The standard InChI is InChI=1S/C28H37N3O2/c1-21-11-8-16-26(22(21)2)33-20-10-19-31-25-15-7-6-14-24(25)30-27(31)17-9-18-29-28(32)23-12-4-3-5-13-23/h6-8,11,14-16,23H,3-5,9-10,12-13,17-20H2,1-2H3,(H,29,32). The molecule has 0 bridgehead atoms. The number of carbonyl (C=O) groups is 1. The Kier molecular flexibility index (Phi) is 8.03. The first kappa shape index (κ1) is 23.3. The predicted molar refractivity (Wildman–Crippen MR) is 134 cm³/mol. The van der Waals surface area contributed by atoms with E-state index in [1.807, 2.05) is 18.2 Å². The number of rotatable bonds is 10. The molecular formula is C28H37N3O2. The highest BCUT2D eigenvalue weighted by atomic mass is 16.5. The molecule has 1 N–H and O–H groups in total. The van der Waals surface area contributed by atoms with Gasteiger partial charge in [-0.3, -0.25) is 4.79 Å². The van der Waals surface area contributed by atoms with E-state index in [-0.39, 0.29) is 11.8 Å². The molecule has 2 aromatic carbocycles. The molecule has 0 unspecified atom stereocenters. The summed E-state index contributed by atoms with van der Waals surface area (Å²) in [4.78, 5) is 17.3. The summed E-state index contributed by atoms with van der Waals surface area (Å²) in [5.74, 6) is 2.53. The molecule has 33 heavy (non-hydrogen) atoms. The summed E-state index contributed by atoms with van der Waals surface area (Å²) in [6, 6.07) is 14.5. The highest BCUT2D eigenvalue weighted by Gasteiger charge is 2.20. The molecule has 4 rings (SSSR count). The van der Waals surface area contributed by atoms with Gasteiger partial charge in [0.1, 0.15) is 11.6 Å². The third-order valence-electron chi connectivity index (χ3n) is 6.92. The number of aromatic nitrogens is 2. The van der Waals surface area contributed by atoms with Gasteiger partial charge >= 0.3 is 0 Å². The van der Waals surface area contributed by atoms with Crippen LogP contribution >= 0.6 is 0 Å². The first-order valence-corrected chi connectivity index (χ1v) is 12.5. The molecule has 5 heteroatoms. The summed E-state index contributed by atoms with van der Waals surface area (Å²) < 4.78 is 8.39. The van der Waals surface area contributed by atoms with Crippen LogP contribution in [0.3, 0.4) is 0 Å². The Morgan fingerprint density at radius 1 is 1.06 bits per heavy atom. The van der Waals surface area contributed by atoms with E-state index in [0.29, 0.717) is 13.2 Å². The number of hydrogen-bond acceptors (Lipinski definition) is 3. The highest BCUT2D eigenvalue weighted by molar-refractivity contribution is 5.78. The minimum atomic E-state index is 0.223. The van der Waals surface area contributed by atoms with Crippen LogP contribution in [0.15, 0.2) is 42.5 Å². The zero-order chi connectivity index (χ0) is 23.0. The van der Waals surface area contributed by atoms with E-state index >= 15 is 0 Å². The molecule has 0 aliphatic heterocycles. The number of nitrogens with one attached hydrogen (secondary N) is 1. The fourth-order valence-electron chi connectivity index (χ4n) is 4.82. The average Bonchev–Trinajstić information content (AvgIpc) is 3.20. The lowest BCUT2D eigenvalue weighted by molar-refractivity contribution is -0.125. The van der Waals surface area contributed by atoms with Crippen molar-refractivity contribution in [2.75, 3.05) is 13.2 Å². The second kappa shape index (κ2) is 11.4. The van der Waals surface area contributed by atoms with Crippen molar-refractivity contribution in [3.8, 4) is 5.75 Å². The van der Waals surface area contributed by atoms with Crippen LogP contribution in [0, 0.1) is 19.8 Å². The number of hydrogen-bond donors (Lipinski definition) is 1. The fourth-order valence-corrected chi connectivity index (χ4v) is 4.82. The van der Waals surface area contributed by atoms with Gasteiger partial charge in [0.2, 0.25) is 5.91 Å². The number of nitrogens with zero attached hydrogens (tertiary/aromatic N) is 2. The van der Waals surface area contributed by atoms with E-state index in [4.69, 9.17) is 9.72 Å². The van der Waals surface area contributed by atoms with Crippen molar-refractivity contribution >= 4 is 16.9 Å². The third-order valence-corrected chi connectivity index (χ3v) is 6.92. The Hall–Kier alpha value is -2.82. The molecule has 1 heterocycles. The molecule has 0 saturated heterocycles.